The second-order valence-electron chi connectivity index (χ2n) is 1.65. The molecule has 12 heavy (non-hydrogen) atoms. The second kappa shape index (κ2) is 18.1. The van der Waals surface area contributed by atoms with Crippen molar-refractivity contribution < 1.29 is 75.8 Å². The maximum atomic E-state index is 2.08. The van der Waals surface area contributed by atoms with Crippen molar-refractivity contribution in [2.45, 2.75) is 6.92 Å². The van der Waals surface area contributed by atoms with Crippen LogP contribution in [0.3, 0.4) is 0 Å². The van der Waals surface area contributed by atoms with Gasteiger partial charge in [0, 0.05) is 0 Å². The minimum atomic E-state index is 0. The predicted molar refractivity (Wildman–Crippen MR) is 31.2 cm³/mol. The predicted octanol–water partition coefficient (Wildman–Crippen LogP) is -9.99. The first-order valence-corrected chi connectivity index (χ1v) is 2.41. The van der Waals surface area contributed by atoms with Gasteiger partial charge in [-0.05, 0) is 6.92 Å². The maximum absolute atomic E-state index is 2.08. The zero-order chi connectivity index (χ0) is 5.11. The van der Waals surface area contributed by atoms with E-state index in [1.54, 1.807) is 0 Å². The molecule has 0 aromatic heterocycles. The van der Waals surface area contributed by atoms with E-state index in [0.717, 1.165) is 0 Å². The zero-order valence-corrected chi connectivity index (χ0v) is 11.9. The third-order valence-electron chi connectivity index (χ3n) is 0.940. The molecule has 0 aliphatic rings. The molecule has 1 aromatic carbocycles. The number of aryl methyl sites for hydroxylation is 1. The van der Waals surface area contributed by atoms with Gasteiger partial charge in [0.05, 0.1) is 0 Å². The third kappa shape index (κ3) is 13.8. The van der Waals surface area contributed by atoms with Crippen molar-refractivity contribution in [3.05, 3.63) is 35.9 Å². The first-order valence-electron chi connectivity index (χ1n) is 2.41. The first-order chi connectivity index (χ1) is 3.39. The van der Waals surface area contributed by atoms with Crippen molar-refractivity contribution in [2.75, 3.05) is 0 Å². The van der Waals surface area contributed by atoms with Gasteiger partial charge in [0.25, 0.3) is 0 Å². The summed E-state index contributed by atoms with van der Waals surface area (Å²) in [5, 5.41) is 0. The molecule has 1 aromatic rings. The molecule has 0 unspecified atom stereocenters. The average Bonchev–Trinajstić information content (AvgIpc) is 1.69. The smallest absolute Gasteiger partial charge is 1.00 e. The third-order valence-corrected chi connectivity index (χ3v) is 0.940. The Hall–Kier alpha value is 1.26. The molecule has 0 aliphatic carbocycles. The SMILES string of the molecule is Cc1ccccc1.[Cl-].[Cl-].[Cl-].[Cl-].[Zr+2]. The molecule has 0 radical (unpaired) electrons. The van der Waals surface area contributed by atoms with E-state index >= 15 is 0 Å². The molecule has 0 spiro atoms. The van der Waals surface area contributed by atoms with Crippen LogP contribution < -0.4 is 49.6 Å². The van der Waals surface area contributed by atoms with Crippen LogP contribution in [0, 0.1) is 6.92 Å². The van der Waals surface area contributed by atoms with Crippen LogP contribution in [0.5, 0.6) is 0 Å². The molecule has 0 bridgehead atoms. The number of benzene rings is 1. The van der Waals surface area contributed by atoms with E-state index in [1.807, 2.05) is 18.2 Å². The van der Waals surface area contributed by atoms with Crippen molar-refractivity contribution in [1.82, 2.24) is 0 Å². The maximum Gasteiger partial charge on any atom is 2.00 e. The van der Waals surface area contributed by atoms with Crippen LogP contribution in [0.25, 0.3) is 0 Å². The van der Waals surface area contributed by atoms with Gasteiger partial charge >= 0.3 is 26.2 Å². The van der Waals surface area contributed by atoms with E-state index in [-0.39, 0.29) is 75.8 Å². The molecular weight excluding hydrogens is 317 g/mol. The summed E-state index contributed by atoms with van der Waals surface area (Å²) in [6.45, 7) is 2.08. The van der Waals surface area contributed by atoms with Gasteiger partial charge in [0.15, 0.2) is 0 Å². The first kappa shape index (κ1) is 29.2. The Balaban J connectivity index is -0.0000000327. The second-order valence-corrected chi connectivity index (χ2v) is 1.65. The largest absolute Gasteiger partial charge is 2.00 e. The minimum Gasteiger partial charge on any atom is -1.00 e. The van der Waals surface area contributed by atoms with Crippen molar-refractivity contribution in [2.24, 2.45) is 0 Å². The average molecular weight is 325 g/mol. The van der Waals surface area contributed by atoms with Crippen LogP contribution in [0.2, 0.25) is 0 Å². The van der Waals surface area contributed by atoms with Gasteiger partial charge in [-0.15, -0.1) is 0 Å². The quantitative estimate of drug-likeness (QED) is 0.445. The van der Waals surface area contributed by atoms with Crippen LogP contribution >= 0.6 is 0 Å². The molecule has 0 nitrogen and oxygen atoms in total. The summed E-state index contributed by atoms with van der Waals surface area (Å²) >= 11 is 0. The number of hydrogen-bond donors (Lipinski definition) is 0. The van der Waals surface area contributed by atoms with Crippen molar-refractivity contribution in [3.63, 3.8) is 0 Å². The standard InChI is InChI=1S/C7H8.4ClH.Zr/c1-7-5-3-2-4-6-7;;;;;/h2-6H,1H3;4*1H;/q;;;;;+2/p-4. The normalized spacial score (nSPS) is 5.08. The van der Waals surface area contributed by atoms with E-state index in [1.165, 1.54) is 5.56 Å². The summed E-state index contributed by atoms with van der Waals surface area (Å²) in [7, 11) is 0. The van der Waals surface area contributed by atoms with Crippen molar-refractivity contribution >= 4 is 0 Å². The summed E-state index contributed by atoms with van der Waals surface area (Å²) in [5.41, 5.74) is 1.32. The van der Waals surface area contributed by atoms with Gasteiger partial charge in [0.1, 0.15) is 0 Å². The fraction of sp³-hybridized carbons (Fsp3) is 0.143. The van der Waals surface area contributed by atoms with Gasteiger partial charge in [-0.2, -0.15) is 0 Å². The Morgan fingerprint density at radius 1 is 0.750 bits per heavy atom. The summed E-state index contributed by atoms with van der Waals surface area (Å²) in [4.78, 5) is 0. The molecule has 0 atom stereocenters. The molecule has 0 N–H and O–H groups in total. The fourth-order valence-electron chi connectivity index (χ4n) is 0.534. The van der Waals surface area contributed by atoms with E-state index in [0.29, 0.717) is 0 Å². The van der Waals surface area contributed by atoms with Crippen molar-refractivity contribution in [1.29, 1.82) is 0 Å². The Morgan fingerprint density at radius 2 is 1.08 bits per heavy atom. The molecule has 1 rings (SSSR count). The molecule has 0 saturated heterocycles. The Morgan fingerprint density at radius 3 is 1.25 bits per heavy atom. The van der Waals surface area contributed by atoms with Gasteiger partial charge in [-0.1, -0.05) is 35.9 Å². The van der Waals surface area contributed by atoms with E-state index in [2.05, 4.69) is 19.1 Å². The minimum absolute atomic E-state index is 0. The monoisotopic (exact) mass is 322 g/mol. The molecule has 0 saturated carbocycles. The summed E-state index contributed by atoms with van der Waals surface area (Å²) in [5.74, 6) is 0. The zero-order valence-electron chi connectivity index (χ0n) is 6.40. The van der Waals surface area contributed by atoms with Crippen LogP contribution in [-0.4, -0.2) is 0 Å². The Kier molecular flexibility index (Phi) is 44.1. The van der Waals surface area contributed by atoms with Crippen LogP contribution in [-0.2, 0) is 26.2 Å². The fourth-order valence-corrected chi connectivity index (χ4v) is 0.534. The van der Waals surface area contributed by atoms with Gasteiger partial charge < -0.3 is 49.6 Å². The molecule has 70 valence electrons. The number of rotatable bonds is 0. The van der Waals surface area contributed by atoms with Crippen LogP contribution in [0.4, 0.5) is 0 Å². The molecule has 0 aliphatic heterocycles. The molecular formula is C7H8Cl4Zr-2. The van der Waals surface area contributed by atoms with Crippen LogP contribution in [0.1, 0.15) is 5.56 Å². The molecule has 5 heteroatoms. The van der Waals surface area contributed by atoms with Gasteiger partial charge in [-0.25, -0.2) is 0 Å². The van der Waals surface area contributed by atoms with Gasteiger partial charge in [0.2, 0.25) is 0 Å². The Labute approximate surface area is 118 Å². The van der Waals surface area contributed by atoms with Crippen LogP contribution in [0.15, 0.2) is 30.3 Å². The topological polar surface area (TPSA) is 0 Å². The number of hydrogen-bond acceptors (Lipinski definition) is 0. The summed E-state index contributed by atoms with van der Waals surface area (Å²) in [6, 6.07) is 10.3. The summed E-state index contributed by atoms with van der Waals surface area (Å²) < 4.78 is 0. The Bertz CT molecular complexity index is 145. The molecule has 0 amide bonds. The van der Waals surface area contributed by atoms with E-state index in [4.69, 9.17) is 0 Å². The van der Waals surface area contributed by atoms with E-state index in [9.17, 15) is 0 Å². The van der Waals surface area contributed by atoms with E-state index < -0.39 is 0 Å². The van der Waals surface area contributed by atoms with Gasteiger partial charge in [-0.3, -0.25) is 0 Å². The molecule has 0 fully saturated rings. The van der Waals surface area contributed by atoms with Crippen molar-refractivity contribution in [3.8, 4) is 0 Å². The number of halogens is 4. The molecule has 0 heterocycles. The summed E-state index contributed by atoms with van der Waals surface area (Å²) in [6.07, 6.45) is 0.